The SMILES string of the molecule is C=CNCCC1CCCC1. The van der Waals surface area contributed by atoms with Crippen molar-refractivity contribution in [3.8, 4) is 0 Å². The van der Waals surface area contributed by atoms with Crippen LogP contribution >= 0.6 is 0 Å². The minimum atomic E-state index is 1.01. The Labute approximate surface area is 63.5 Å². The highest BCUT2D eigenvalue weighted by molar-refractivity contribution is 4.70. The van der Waals surface area contributed by atoms with Crippen LogP contribution in [-0.2, 0) is 0 Å². The van der Waals surface area contributed by atoms with Gasteiger partial charge in [-0.05, 0) is 18.5 Å². The Kier molecular flexibility index (Phi) is 3.34. The highest BCUT2D eigenvalue weighted by Crippen LogP contribution is 2.26. The normalized spacial score (nSPS) is 19.2. The van der Waals surface area contributed by atoms with Crippen LogP contribution in [0.15, 0.2) is 12.8 Å². The van der Waals surface area contributed by atoms with Gasteiger partial charge in [0.25, 0.3) is 0 Å². The van der Waals surface area contributed by atoms with Gasteiger partial charge in [0.15, 0.2) is 0 Å². The Morgan fingerprint density at radius 3 is 2.70 bits per heavy atom. The van der Waals surface area contributed by atoms with Crippen molar-refractivity contribution in [2.45, 2.75) is 32.1 Å². The molecule has 1 heteroatoms. The van der Waals surface area contributed by atoms with Crippen LogP contribution in [0.5, 0.6) is 0 Å². The van der Waals surface area contributed by atoms with Gasteiger partial charge in [-0.15, -0.1) is 0 Å². The molecule has 1 nitrogen and oxygen atoms in total. The van der Waals surface area contributed by atoms with Gasteiger partial charge >= 0.3 is 0 Å². The zero-order valence-electron chi connectivity index (χ0n) is 6.60. The molecule has 1 aliphatic carbocycles. The van der Waals surface area contributed by atoms with Gasteiger partial charge in [0.1, 0.15) is 0 Å². The van der Waals surface area contributed by atoms with Crippen molar-refractivity contribution < 1.29 is 0 Å². The lowest BCUT2D eigenvalue weighted by Crippen LogP contribution is -2.09. The minimum absolute atomic E-state index is 1.01. The Bertz CT molecular complexity index is 92.9. The highest BCUT2D eigenvalue weighted by atomic mass is 14.8. The molecular formula is C9H17N. The predicted molar refractivity (Wildman–Crippen MR) is 44.8 cm³/mol. The lowest BCUT2D eigenvalue weighted by molar-refractivity contribution is 0.496. The van der Waals surface area contributed by atoms with Crippen LogP contribution in [0.3, 0.4) is 0 Å². The largest absolute Gasteiger partial charge is 0.391 e. The fourth-order valence-electron chi connectivity index (χ4n) is 1.69. The summed E-state index contributed by atoms with van der Waals surface area (Å²) in [7, 11) is 0. The van der Waals surface area contributed by atoms with Crippen molar-refractivity contribution in [3.63, 3.8) is 0 Å². The van der Waals surface area contributed by atoms with Crippen molar-refractivity contribution in [1.29, 1.82) is 0 Å². The molecule has 0 radical (unpaired) electrons. The highest BCUT2D eigenvalue weighted by Gasteiger charge is 2.13. The van der Waals surface area contributed by atoms with Crippen LogP contribution in [0.4, 0.5) is 0 Å². The van der Waals surface area contributed by atoms with Gasteiger partial charge in [0.2, 0.25) is 0 Å². The third-order valence-corrected chi connectivity index (χ3v) is 2.32. The molecule has 0 aromatic carbocycles. The smallest absolute Gasteiger partial charge is 0.0143 e. The van der Waals surface area contributed by atoms with Gasteiger partial charge in [0, 0.05) is 6.54 Å². The summed E-state index contributed by atoms with van der Waals surface area (Å²) in [4.78, 5) is 0. The molecule has 0 aromatic heterocycles. The van der Waals surface area contributed by atoms with Crippen LogP contribution in [-0.4, -0.2) is 6.54 Å². The Morgan fingerprint density at radius 2 is 2.10 bits per heavy atom. The monoisotopic (exact) mass is 139 g/mol. The molecule has 1 rings (SSSR count). The maximum atomic E-state index is 3.61. The molecule has 1 saturated carbocycles. The lowest BCUT2D eigenvalue weighted by atomic mass is 10.0. The molecule has 0 atom stereocenters. The first-order chi connectivity index (χ1) is 4.93. The van der Waals surface area contributed by atoms with Crippen LogP contribution in [0.1, 0.15) is 32.1 Å². The Hall–Kier alpha value is -0.460. The summed E-state index contributed by atoms with van der Waals surface area (Å²) in [5, 5.41) is 3.14. The quantitative estimate of drug-likeness (QED) is 0.589. The van der Waals surface area contributed by atoms with E-state index in [0.29, 0.717) is 0 Å². The average molecular weight is 139 g/mol. The fourth-order valence-corrected chi connectivity index (χ4v) is 1.69. The van der Waals surface area contributed by atoms with E-state index in [0.717, 1.165) is 12.5 Å². The van der Waals surface area contributed by atoms with Gasteiger partial charge in [-0.1, -0.05) is 32.3 Å². The molecule has 0 heterocycles. The first kappa shape index (κ1) is 7.64. The summed E-state index contributed by atoms with van der Waals surface area (Å²) < 4.78 is 0. The summed E-state index contributed by atoms with van der Waals surface area (Å²) in [6, 6.07) is 0. The van der Waals surface area contributed by atoms with Gasteiger partial charge in [-0.2, -0.15) is 0 Å². The molecular weight excluding hydrogens is 122 g/mol. The molecule has 0 saturated heterocycles. The molecule has 0 spiro atoms. The van der Waals surface area contributed by atoms with E-state index in [1.165, 1.54) is 32.1 Å². The predicted octanol–water partition coefficient (Wildman–Crippen LogP) is 2.30. The molecule has 0 aromatic rings. The van der Waals surface area contributed by atoms with E-state index in [2.05, 4.69) is 11.9 Å². The molecule has 0 bridgehead atoms. The van der Waals surface area contributed by atoms with Crippen LogP contribution in [0.25, 0.3) is 0 Å². The van der Waals surface area contributed by atoms with Crippen molar-refractivity contribution in [2.75, 3.05) is 6.54 Å². The zero-order chi connectivity index (χ0) is 7.23. The summed E-state index contributed by atoms with van der Waals surface area (Å²) >= 11 is 0. The number of rotatable bonds is 4. The zero-order valence-corrected chi connectivity index (χ0v) is 6.60. The Morgan fingerprint density at radius 1 is 1.40 bits per heavy atom. The van der Waals surface area contributed by atoms with Crippen LogP contribution in [0.2, 0.25) is 0 Å². The van der Waals surface area contributed by atoms with Gasteiger partial charge in [0.05, 0.1) is 0 Å². The first-order valence-corrected chi connectivity index (χ1v) is 4.28. The van der Waals surface area contributed by atoms with Crippen LogP contribution < -0.4 is 5.32 Å². The molecule has 0 aliphatic heterocycles. The van der Waals surface area contributed by atoms with E-state index in [9.17, 15) is 0 Å². The molecule has 58 valence electrons. The van der Waals surface area contributed by atoms with E-state index in [4.69, 9.17) is 0 Å². The summed E-state index contributed by atoms with van der Waals surface area (Å²) in [5.41, 5.74) is 0. The standard InChI is InChI=1S/C9H17N/c1-2-10-8-7-9-5-3-4-6-9/h2,9-10H,1,3-8H2. The second-order valence-corrected chi connectivity index (χ2v) is 3.10. The molecule has 0 unspecified atom stereocenters. The molecule has 10 heavy (non-hydrogen) atoms. The third-order valence-electron chi connectivity index (χ3n) is 2.32. The van der Waals surface area contributed by atoms with Gasteiger partial charge in [-0.3, -0.25) is 0 Å². The number of nitrogens with one attached hydrogen (secondary N) is 1. The van der Waals surface area contributed by atoms with Crippen molar-refractivity contribution in [3.05, 3.63) is 12.8 Å². The third kappa shape index (κ3) is 2.42. The summed E-state index contributed by atoms with van der Waals surface area (Å²) in [5.74, 6) is 1.01. The Balaban J connectivity index is 1.96. The summed E-state index contributed by atoms with van der Waals surface area (Å²) in [6.07, 6.45) is 8.95. The second-order valence-electron chi connectivity index (χ2n) is 3.10. The topological polar surface area (TPSA) is 12.0 Å². The van der Waals surface area contributed by atoms with E-state index in [-0.39, 0.29) is 0 Å². The fraction of sp³-hybridized carbons (Fsp3) is 0.778. The van der Waals surface area contributed by atoms with Crippen LogP contribution in [0, 0.1) is 5.92 Å². The first-order valence-electron chi connectivity index (χ1n) is 4.28. The van der Waals surface area contributed by atoms with E-state index in [1.54, 1.807) is 6.20 Å². The number of hydrogen-bond donors (Lipinski definition) is 1. The maximum absolute atomic E-state index is 3.61. The molecule has 1 N–H and O–H groups in total. The minimum Gasteiger partial charge on any atom is -0.391 e. The molecule has 0 amide bonds. The summed E-state index contributed by atoms with van der Waals surface area (Å²) in [6.45, 7) is 4.73. The number of hydrogen-bond acceptors (Lipinski definition) is 1. The van der Waals surface area contributed by atoms with Gasteiger partial charge in [-0.25, -0.2) is 0 Å². The molecule has 1 aliphatic rings. The molecule has 1 fully saturated rings. The van der Waals surface area contributed by atoms with Crippen molar-refractivity contribution in [1.82, 2.24) is 5.32 Å². The van der Waals surface area contributed by atoms with Gasteiger partial charge < -0.3 is 5.32 Å². The maximum Gasteiger partial charge on any atom is 0.0143 e. The van der Waals surface area contributed by atoms with Crippen molar-refractivity contribution in [2.24, 2.45) is 5.92 Å². The second kappa shape index (κ2) is 4.37. The van der Waals surface area contributed by atoms with Crippen molar-refractivity contribution >= 4 is 0 Å². The average Bonchev–Trinajstić information content (AvgIpc) is 2.41. The lowest BCUT2D eigenvalue weighted by Gasteiger charge is -2.07. The van der Waals surface area contributed by atoms with E-state index in [1.807, 2.05) is 0 Å². The van der Waals surface area contributed by atoms with E-state index < -0.39 is 0 Å². The van der Waals surface area contributed by atoms with E-state index >= 15 is 0 Å².